The van der Waals surface area contributed by atoms with Crippen LogP contribution in [0.25, 0.3) is 11.5 Å². The van der Waals surface area contributed by atoms with E-state index in [4.69, 9.17) is 10.3 Å². The molecule has 1 amide bonds. The minimum absolute atomic E-state index is 0.168. The highest BCUT2D eigenvalue weighted by Gasteiger charge is 2.27. The quantitative estimate of drug-likeness (QED) is 0.686. The number of nitrogen functional groups attached to an aromatic ring is 1. The molecule has 1 aliphatic rings. The molecule has 7 nitrogen and oxygen atoms in total. The molecule has 1 aliphatic heterocycles. The van der Waals surface area contributed by atoms with Gasteiger partial charge in [0.2, 0.25) is 17.6 Å². The highest BCUT2D eigenvalue weighted by atomic mass is 16.5. The zero-order valence-corrected chi connectivity index (χ0v) is 15.6. The van der Waals surface area contributed by atoms with Gasteiger partial charge in [-0.2, -0.15) is 4.98 Å². The van der Waals surface area contributed by atoms with Crippen molar-refractivity contribution in [1.82, 2.24) is 20.0 Å². The number of likely N-dealkylation sites (tertiary alicyclic amines) is 1. The number of nitrogens with zero attached hydrogens (tertiary/aromatic N) is 4. The summed E-state index contributed by atoms with van der Waals surface area (Å²) in [4.78, 5) is 23.2. The van der Waals surface area contributed by atoms with Crippen LogP contribution in [0.4, 0.5) is 5.69 Å². The van der Waals surface area contributed by atoms with E-state index in [0.29, 0.717) is 43.3 Å². The Morgan fingerprint density at radius 3 is 2.68 bits per heavy atom. The Bertz CT molecular complexity index is 933. The van der Waals surface area contributed by atoms with Gasteiger partial charge in [0.1, 0.15) is 5.69 Å². The fourth-order valence-corrected chi connectivity index (χ4v) is 3.54. The predicted molar refractivity (Wildman–Crippen MR) is 105 cm³/mol. The molecule has 144 valence electrons. The summed E-state index contributed by atoms with van der Waals surface area (Å²) in [7, 11) is 0. The second-order valence-electron chi connectivity index (χ2n) is 7.03. The fraction of sp³-hybridized carbons (Fsp3) is 0.333. The molecule has 0 radical (unpaired) electrons. The maximum absolute atomic E-state index is 12.5. The first-order chi connectivity index (χ1) is 13.7. The molecule has 28 heavy (non-hydrogen) atoms. The molecule has 1 fully saturated rings. The molecular weight excluding hydrogens is 354 g/mol. The number of nitrogens with two attached hydrogens (primary N) is 1. The van der Waals surface area contributed by atoms with Gasteiger partial charge < -0.3 is 15.2 Å². The molecular formula is C21H23N5O2. The summed E-state index contributed by atoms with van der Waals surface area (Å²) in [5.74, 6) is 1.49. The molecule has 3 aromatic rings. The van der Waals surface area contributed by atoms with Crippen molar-refractivity contribution in [2.75, 3.05) is 18.8 Å². The molecule has 2 aromatic heterocycles. The smallest absolute Gasteiger partial charge is 0.230 e. The first-order valence-corrected chi connectivity index (χ1v) is 9.57. The van der Waals surface area contributed by atoms with E-state index in [1.54, 1.807) is 6.20 Å². The largest absolute Gasteiger partial charge is 0.399 e. The number of piperidine rings is 1. The van der Waals surface area contributed by atoms with E-state index in [0.717, 1.165) is 24.1 Å². The normalized spacial score (nSPS) is 14.9. The number of carbonyl (C=O) groups is 1. The SMILES string of the molecule is Nc1ccccc1CCC(=O)N1CCC(c2nc(-c3ccccn3)no2)CC1. The number of aryl methyl sites for hydroxylation is 1. The van der Waals surface area contributed by atoms with Gasteiger partial charge in [0.05, 0.1) is 0 Å². The number of hydrogen-bond acceptors (Lipinski definition) is 6. The lowest BCUT2D eigenvalue weighted by Gasteiger charge is -2.30. The maximum atomic E-state index is 12.5. The predicted octanol–water partition coefficient (Wildman–Crippen LogP) is 3.05. The summed E-state index contributed by atoms with van der Waals surface area (Å²) in [5.41, 5.74) is 8.43. The molecule has 0 saturated carbocycles. The van der Waals surface area contributed by atoms with E-state index < -0.39 is 0 Å². The van der Waals surface area contributed by atoms with Gasteiger partial charge >= 0.3 is 0 Å². The van der Waals surface area contributed by atoms with Crippen molar-refractivity contribution in [2.24, 2.45) is 0 Å². The van der Waals surface area contributed by atoms with Gasteiger partial charge in [0.25, 0.3) is 0 Å². The Morgan fingerprint density at radius 2 is 1.93 bits per heavy atom. The molecule has 1 saturated heterocycles. The van der Waals surface area contributed by atoms with E-state index in [-0.39, 0.29) is 11.8 Å². The van der Waals surface area contributed by atoms with Gasteiger partial charge in [0, 0.05) is 37.3 Å². The number of benzene rings is 1. The minimum atomic E-state index is 0.168. The highest BCUT2D eigenvalue weighted by molar-refractivity contribution is 5.76. The average molecular weight is 377 g/mol. The van der Waals surface area contributed by atoms with Crippen LogP contribution >= 0.6 is 0 Å². The number of para-hydroxylation sites is 1. The van der Waals surface area contributed by atoms with Crippen LogP contribution in [-0.4, -0.2) is 39.0 Å². The average Bonchev–Trinajstić information content (AvgIpc) is 3.24. The molecule has 1 aromatic carbocycles. The molecule has 3 heterocycles. The second-order valence-corrected chi connectivity index (χ2v) is 7.03. The third-order valence-electron chi connectivity index (χ3n) is 5.20. The standard InChI is InChI=1S/C21H23N5O2/c22-17-6-2-1-5-15(17)8-9-19(27)26-13-10-16(11-14-26)21-24-20(25-28-21)18-7-3-4-12-23-18/h1-7,12,16H,8-11,13-14,22H2. The molecule has 2 N–H and O–H groups in total. The van der Waals surface area contributed by atoms with Crippen LogP contribution in [0.1, 0.15) is 36.6 Å². The van der Waals surface area contributed by atoms with Crippen molar-refractivity contribution in [2.45, 2.75) is 31.6 Å². The zero-order chi connectivity index (χ0) is 19.3. The first-order valence-electron chi connectivity index (χ1n) is 9.57. The van der Waals surface area contributed by atoms with Crippen LogP contribution in [0.3, 0.4) is 0 Å². The lowest BCUT2D eigenvalue weighted by Crippen LogP contribution is -2.38. The van der Waals surface area contributed by atoms with Gasteiger partial charge in [-0.3, -0.25) is 9.78 Å². The Kier molecular flexibility index (Phi) is 5.32. The minimum Gasteiger partial charge on any atom is -0.399 e. The third-order valence-corrected chi connectivity index (χ3v) is 5.20. The summed E-state index contributed by atoms with van der Waals surface area (Å²) in [6.07, 6.45) is 4.50. The number of pyridine rings is 1. The summed E-state index contributed by atoms with van der Waals surface area (Å²) in [6, 6.07) is 13.3. The van der Waals surface area contributed by atoms with Crippen molar-refractivity contribution >= 4 is 11.6 Å². The Labute approximate surface area is 163 Å². The first kappa shape index (κ1) is 18.2. The van der Waals surface area contributed by atoms with Crippen LogP contribution in [0.2, 0.25) is 0 Å². The number of aromatic nitrogens is 3. The monoisotopic (exact) mass is 377 g/mol. The molecule has 0 atom stereocenters. The molecule has 4 rings (SSSR count). The zero-order valence-electron chi connectivity index (χ0n) is 15.6. The fourth-order valence-electron chi connectivity index (χ4n) is 3.54. The Morgan fingerprint density at radius 1 is 1.14 bits per heavy atom. The molecule has 7 heteroatoms. The van der Waals surface area contributed by atoms with E-state index in [1.807, 2.05) is 47.4 Å². The van der Waals surface area contributed by atoms with Gasteiger partial charge in [-0.05, 0) is 43.0 Å². The summed E-state index contributed by atoms with van der Waals surface area (Å²) < 4.78 is 5.45. The van der Waals surface area contributed by atoms with Crippen LogP contribution in [0.5, 0.6) is 0 Å². The van der Waals surface area contributed by atoms with E-state index in [9.17, 15) is 4.79 Å². The van der Waals surface area contributed by atoms with Crippen LogP contribution in [-0.2, 0) is 11.2 Å². The summed E-state index contributed by atoms with van der Waals surface area (Å²) in [6.45, 7) is 1.41. The third kappa shape index (κ3) is 4.03. The van der Waals surface area contributed by atoms with Gasteiger partial charge in [0.15, 0.2) is 0 Å². The number of carbonyl (C=O) groups excluding carboxylic acids is 1. The van der Waals surface area contributed by atoms with Crippen molar-refractivity contribution in [1.29, 1.82) is 0 Å². The van der Waals surface area contributed by atoms with Crippen LogP contribution in [0.15, 0.2) is 53.2 Å². The van der Waals surface area contributed by atoms with E-state index in [1.165, 1.54) is 0 Å². The topological polar surface area (TPSA) is 98.1 Å². The number of rotatable bonds is 5. The Balaban J connectivity index is 1.30. The van der Waals surface area contributed by atoms with Crippen molar-refractivity contribution in [3.8, 4) is 11.5 Å². The van der Waals surface area contributed by atoms with Crippen molar-refractivity contribution in [3.63, 3.8) is 0 Å². The molecule has 0 unspecified atom stereocenters. The second kappa shape index (κ2) is 8.21. The number of anilines is 1. The number of hydrogen-bond donors (Lipinski definition) is 1. The lowest BCUT2D eigenvalue weighted by atomic mass is 9.96. The van der Waals surface area contributed by atoms with Gasteiger partial charge in [-0.15, -0.1) is 0 Å². The maximum Gasteiger partial charge on any atom is 0.230 e. The number of amides is 1. The van der Waals surface area contributed by atoms with E-state index in [2.05, 4.69) is 15.1 Å². The molecule has 0 bridgehead atoms. The van der Waals surface area contributed by atoms with Crippen LogP contribution < -0.4 is 5.73 Å². The van der Waals surface area contributed by atoms with Gasteiger partial charge in [-0.25, -0.2) is 0 Å². The van der Waals surface area contributed by atoms with Crippen molar-refractivity contribution in [3.05, 3.63) is 60.1 Å². The molecule has 0 spiro atoms. The highest BCUT2D eigenvalue weighted by Crippen LogP contribution is 2.28. The summed E-state index contributed by atoms with van der Waals surface area (Å²) in [5, 5.41) is 4.05. The van der Waals surface area contributed by atoms with Gasteiger partial charge in [-0.1, -0.05) is 29.4 Å². The summed E-state index contributed by atoms with van der Waals surface area (Å²) >= 11 is 0. The Hall–Kier alpha value is -3.22. The van der Waals surface area contributed by atoms with Crippen LogP contribution in [0, 0.1) is 0 Å². The van der Waals surface area contributed by atoms with E-state index >= 15 is 0 Å². The lowest BCUT2D eigenvalue weighted by molar-refractivity contribution is -0.132. The molecule has 0 aliphatic carbocycles. The van der Waals surface area contributed by atoms with Crippen molar-refractivity contribution < 1.29 is 9.32 Å².